The predicted octanol–water partition coefficient (Wildman–Crippen LogP) is 4.13. The first-order valence-corrected chi connectivity index (χ1v) is 12.8. The number of fused-ring (bicyclic) bond motifs is 3. The lowest BCUT2D eigenvalue weighted by molar-refractivity contribution is 0.108. The quantitative estimate of drug-likeness (QED) is 0.673. The lowest BCUT2D eigenvalue weighted by atomic mass is 9.92. The molecule has 0 aliphatic heterocycles. The van der Waals surface area contributed by atoms with Crippen molar-refractivity contribution in [1.29, 1.82) is 0 Å². The highest BCUT2D eigenvalue weighted by molar-refractivity contribution is 7.85. The van der Waals surface area contributed by atoms with E-state index in [-0.39, 0.29) is 6.10 Å². The van der Waals surface area contributed by atoms with E-state index in [9.17, 15) is 4.21 Å². The van der Waals surface area contributed by atoms with Crippen LogP contribution in [0, 0.1) is 0 Å². The fourth-order valence-electron chi connectivity index (χ4n) is 4.67. The molecule has 0 amide bonds. The molecule has 5 nitrogen and oxygen atoms in total. The SMILES string of the molecule is CCCS(=O)C[C@@H]1CCc2sc3ncnc(OC4CCC(N(C)C)CC4)c3c21. The molecule has 0 radical (unpaired) electrons. The van der Waals surface area contributed by atoms with E-state index in [1.165, 1.54) is 23.3 Å². The van der Waals surface area contributed by atoms with Gasteiger partial charge < -0.3 is 9.64 Å². The van der Waals surface area contributed by atoms with Gasteiger partial charge in [0, 0.05) is 33.2 Å². The van der Waals surface area contributed by atoms with Crippen LogP contribution in [0.25, 0.3) is 10.2 Å². The van der Waals surface area contributed by atoms with Crippen molar-refractivity contribution in [2.24, 2.45) is 0 Å². The van der Waals surface area contributed by atoms with E-state index < -0.39 is 10.8 Å². The zero-order chi connectivity index (χ0) is 19.7. The summed E-state index contributed by atoms with van der Waals surface area (Å²) in [4.78, 5) is 13.8. The summed E-state index contributed by atoms with van der Waals surface area (Å²) in [6.45, 7) is 2.10. The number of nitrogens with zero attached hydrogens (tertiary/aromatic N) is 3. The molecular formula is C21H31N3O2S2. The fourth-order valence-corrected chi connectivity index (χ4v) is 7.30. The van der Waals surface area contributed by atoms with Gasteiger partial charge in [-0.15, -0.1) is 11.3 Å². The molecule has 1 fully saturated rings. The number of hydrogen-bond acceptors (Lipinski definition) is 6. The molecule has 0 saturated heterocycles. The molecule has 4 rings (SSSR count). The average molecular weight is 422 g/mol. The molecule has 0 spiro atoms. The molecule has 1 unspecified atom stereocenters. The van der Waals surface area contributed by atoms with Crippen LogP contribution in [0.4, 0.5) is 0 Å². The van der Waals surface area contributed by atoms with Crippen LogP contribution >= 0.6 is 11.3 Å². The van der Waals surface area contributed by atoms with Crippen molar-refractivity contribution in [3.63, 3.8) is 0 Å². The van der Waals surface area contributed by atoms with Crippen molar-refractivity contribution in [2.75, 3.05) is 25.6 Å². The Hall–Kier alpha value is -1.05. The topological polar surface area (TPSA) is 55.3 Å². The van der Waals surface area contributed by atoms with Crippen LogP contribution in [-0.2, 0) is 17.2 Å². The predicted molar refractivity (Wildman–Crippen MR) is 117 cm³/mol. The van der Waals surface area contributed by atoms with Crippen LogP contribution in [0.5, 0.6) is 5.88 Å². The van der Waals surface area contributed by atoms with Crippen molar-refractivity contribution < 1.29 is 8.95 Å². The highest BCUT2D eigenvalue weighted by Gasteiger charge is 2.32. The van der Waals surface area contributed by atoms with Gasteiger partial charge in [-0.25, -0.2) is 9.97 Å². The van der Waals surface area contributed by atoms with E-state index in [4.69, 9.17) is 4.74 Å². The molecule has 2 aromatic rings. The standard InChI is InChI=1S/C21H31N3O2S2/c1-4-11-28(25)12-14-5-10-17-18(14)19-20(22-13-23-21(19)27-17)26-16-8-6-15(7-9-16)24(2)3/h13-16H,4-12H2,1-3H3/t14-,15?,16?,28?/m0/s1. The Kier molecular flexibility index (Phi) is 6.33. The first-order chi connectivity index (χ1) is 13.6. The number of rotatable bonds is 7. The lowest BCUT2D eigenvalue weighted by Crippen LogP contribution is -2.35. The van der Waals surface area contributed by atoms with Crippen LogP contribution in [0.1, 0.15) is 61.8 Å². The Morgan fingerprint density at radius 3 is 2.71 bits per heavy atom. The van der Waals surface area contributed by atoms with Gasteiger partial charge in [-0.1, -0.05) is 6.92 Å². The molecule has 2 heterocycles. The minimum Gasteiger partial charge on any atom is -0.474 e. The van der Waals surface area contributed by atoms with Gasteiger partial charge in [-0.2, -0.15) is 0 Å². The number of hydrogen-bond donors (Lipinski definition) is 0. The molecule has 28 heavy (non-hydrogen) atoms. The minimum atomic E-state index is -0.747. The second kappa shape index (κ2) is 8.76. The largest absolute Gasteiger partial charge is 0.474 e. The van der Waals surface area contributed by atoms with E-state index in [1.807, 2.05) is 0 Å². The molecule has 0 bridgehead atoms. The van der Waals surface area contributed by atoms with E-state index in [1.54, 1.807) is 17.7 Å². The lowest BCUT2D eigenvalue weighted by Gasteiger charge is -2.32. The third-order valence-corrected chi connectivity index (χ3v) is 8.98. The second-order valence-corrected chi connectivity index (χ2v) is 11.1. The summed E-state index contributed by atoms with van der Waals surface area (Å²) in [6, 6.07) is 0.661. The first-order valence-electron chi connectivity index (χ1n) is 10.5. The Balaban J connectivity index is 1.56. The van der Waals surface area contributed by atoms with Crippen LogP contribution in [-0.4, -0.2) is 56.8 Å². The van der Waals surface area contributed by atoms with Crippen LogP contribution in [0.2, 0.25) is 0 Å². The maximum atomic E-state index is 12.4. The summed E-state index contributed by atoms with van der Waals surface area (Å²) < 4.78 is 18.8. The molecule has 2 aromatic heterocycles. The van der Waals surface area contributed by atoms with Crippen molar-refractivity contribution in [3.05, 3.63) is 16.8 Å². The molecule has 2 aliphatic carbocycles. The van der Waals surface area contributed by atoms with Crippen LogP contribution < -0.4 is 4.74 Å². The Bertz CT molecular complexity index is 844. The number of aromatic nitrogens is 2. The number of ether oxygens (including phenoxy) is 1. The van der Waals surface area contributed by atoms with Crippen molar-refractivity contribution >= 4 is 32.4 Å². The molecule has 1 saturated carbocycles. The van der Waals surface area contributed by atoms with E-state index >= 15 is 0 Å². The van der Waals surface area contributed by atoms with Gasteiger partial charge >= 0.3 is 0 Å². The van der Waals surface area contributed by atoms with Crippen LogP contribution in [0.15, 0.2) is 6.33 Å². The van der Waals surface area contributed by atoms with Crippen molar-refractivity contribution in [3.8, 4) is 5.88 Å². The summed E-state index contributed by atoms with van der Waals surface area (Å²) in [5.74, 6) is 2.66. The highest BCUT2D eigenvalue weighted by Crippen LogP contribution is 2.46. The summed E-state index contributed by atoms with van der Waals surface area (Å²) in [7, 11) is 3.58. The van der Waals surface area contributed by atoms with Crippen LogP contribution in [0.3, 0.4) is 0 Å². The maximum Gasteiger partial charge on any atom is 0.225 e. The fraction of sp³-hybridized carbons (Fsp3) is 0.714. The number of thiophene rings is 1. The Morgan fingerprint density at radius 2 is 2.00 bits per heavy atom. The maximum absolute atomic E-state index is 12.4. The molecule has 0 aromatic carbocycles. The smallest absolute Gasteiger partial charge is 0.225 e. The van der Waals surface area contributed by atoms with Gasteiger partial charge in [-0.05, 0) is 70.5 Å². The molecule has 2 atom stereocenters. The second-order valence-electron chi connectivity index (χ2n) is 8.36. The Labute approximate surface area is 174 Å². The number of aryl methyl sites for hydroxylation is 1. The van der Waals surface area contributed by atoms with Gasteiger partial charge in [0.15, 0.2) is 0 Å². The van der Waals surface area contributed by atoms with Crippen molar-refractivity contribution in [2.45, 2.75) is 69.9 Å². The summed E-state index contributed by atoms with van der Waals surface area (Å²) in [5.41, 5.74) is 1.34. The Morgan fingerprint density at radius 1 is 1.21 bits per heavy atom. The molecular weight excluding hydrogens is 390 g/mol. The van der Waals surface area contributed by atoms with Gasteiger partial charge in [0.1, 0.15) is 17.3 Å². The zero-order valence-corrected chi connectivity index (χ0v) is 18.8. The molecule has 2 aliphatic rings. The molecule has 154 valence electrons. The first kappa shape index (κ1) is 20.2. The van der Waals surface area contributed by atoms with Gasteiger partial charge in [-0.3, -0.25) is 4.21 Å². The van der Waals surface area contributed by atoms with Gasteiger partial charge in [0.05, 0.1) is 5.39 Å². The van der Waals surface area contributed by atoms with Gasteiger partial charge in [0.2, 0.25) is 5.88 Å². The molecule has 7 heteroatoms. The average Bonchev–Trinajstić information content (AvgIpc) is 3.22. The summed E-state index contributed by atoms with van der Waals surface area (Å²) >= 11 is 1.77. The summed E-state index contributed by atoms with van der Waals surface area (Å²) in [5, 5.41) is 1.10. The monoisotopic (exact) mass is 421 g/mol. The van der Waals surface area contributed by atoms with E-state index in [0.29, 0.717) is 12.0 Å². The van der Waals surface area contributed by atoms with Gasteiger partial charge in [0.25, 0.3) is 0 Å². The van der Waals surface area contributed by atoms with Crippen molar-refractivity contribution in [1.82, 2.24) is 14.9 Å². The third-order valence-electron chi connectivity index (χ3n) is 6.17. The molecule has 0 N–H and O–H groups in total. The van der Waals surface area contributed by atoms with E-state index in [2.05, 4.69) is 35.9 Å². The highest BCUT2D eigenvalue weighted by atomic mass is 32.2. The normalized spacial score (nSPS) is 25.9. The third kappa shape index (κ3) is 4.12. The minimum absolute atomic E-state index is 0.235. The van der Waals surface area contributed by atoms with E-state index in [0.717, 1.165) is 59.7 Å². The summed E-state index contributed by atoms with van der Waals surface area (Å²) in [6.07, 6.45) is 9.50. The zero-order valence-electron chi connectivity index (χ0n) is 17.1.